The molecule has 4 heteroatoms. The molecular weight excluding hydrogens is 228 g/mol. The second-order valence-corrected chi connectivity index (χ2v) is 4.45. The predicted octanol–water partition coefficient (Wildman–Crippen LogP) is 1.84. The molecular formula is C14H20N2O2. The molecule has 98 valence electrons. The van der Waals surface area contributed by atoms with Gasteiger partial charge in [0.05, 0.1) is 19.3 Å². The highest BCUT2D eigenvalue weighted by atomic mass is 16.5. The van der Waals surface area contributed by atoms with Crippen LogP contribution in [0.2, 0.25) is 0 Å². The van der Waals surface area contributed by atoms with Crippen LogP contribution >= 0.6 is 0 Å². The number of aliphatic hydroxyl groups excluding tert-OH is 1. The van der Waals surface area contributed by atoms with Crippen LogP contribution in [0.15, 0.2) is 24.3 Å². The highest BCUT2D eigenvalue weighted by Gasteiger charge is 2.19. The molecule has 0 spiro atoms. The number of rotatable bonds is 7. The molecule has 1 rings (SSSR count). The Morgan fingerprint density at radius 3 is 2.56 bits per heavy atom. The third-order valence-electron chi connectivity index (χ3n) is 2.99. The molecule has 0 saturated heterocycles. The Kier molecular flexibility index (Phi) is 5.63. The van der Waals surface area contributed by atoms with E-state index in [1.807, 2.05) is 31.2 Å². The fraction of sp³-hybridized carbons (Fsp3) is 0.500. The zero-order valence-electron chi connectivity index (χ0n) is 10.9. The Hall–Kier alpha value is -1.57. The van der Waals surface area contributed by atoms with Crippen molar-refractivity contribution in [1.29, 1.82) is 5.26 Å². The first-order valence-electron chi connectivity index (χ1n) is 6.06. The summed E-state index contributed by atoms with van der Waals surface area (Å²) in [6, 6.07) is 9.60. The van der Waals surface area contributed by atoms with E-state index >= 15 is 0 Å². The maximum absolute atomic E-state index is 8.98. The molecule has 0 saturated carbocycles. The van der Waals surface area contributed by atoms with Crippen LogP contribution in [0.25, 0.3) is 0 Å². The van der Waals surface area contributed by atoms with Gasteiger partial charge in [0.15, 0.2) is 0 Å². The minimum absolute atomic E-state index is 0.0446. The molecule has 0 amide bonds. The van der Waals surface area contributed by atoms with Gasteiger partial charge in [-0.25, -0.2) is 0 Å². The summed E-state index contributed by atoms with van der Waals surface area (Å²) in [6.07, 6.45) is 1.56. The predicted molar refractivity (Wildman–Crippen MR) is 70.2 cm³/mol. The van der Waals surface area contributed by atoms with Crippen LogP contribution in [0, 0.1) is 11.3 Å². The summed E-state index contributed by atoms with van der Waals surface area (Å²) < 4.78 is 5.57. The first-order chi connectivity index (χ1) is 8.63. The van der Waals surface area contributed by atoms with Crippen molar-refractivity contribution in [2.45, 2.75) is 31.9 Å². The van der Waals surface area contributed by atoms with Crippen LogP contribution in [-0.4, -0.2) is 24.3 Å². The fourth-order valence-electron chi connectivity index (χ4n) is 1.54. The summed E-state index contributed by atoms with van der Waals surface area (Å²) in [5.41, 5.74) is 0.388. The zero-order valence-corrected chi connectivity index (χ0v) is 10.9. The molecule has 0 bridgehead atoms. The summed E-state index contributed by atoms with van der Waals surface area (Å²) >= 11 is 0. The Morgan fingerprint density at radius 2 is 2.06 bits per heavy atom. The average molecular weight is 248 g/mol. The normalized spacial score (nSPS) is 13.7. The van der Waals surface area contributed by atoms with E-state index in [1.54, 1.807) is 7.05 Å². The van der Waals surface area contributed by atoms with E-state index in [-0.39, 0.29) is 6.61 Å². The highest BCUT2D eigenvalue weighted by molar-refractivity contribution is 5.26. The molecule has 1 unspecified atom stereocenters. The molecule has 0 fully saturated rings. The quantitative estimate of drug-likeness (QED) is 0.723. The van der Waals surface area contributed by atoms with Gasteiger partial charge in [0.1, 0.15) is 11.3 Å². The Morgan fingerprint density at radius 1 is 1.39 bits per heavy atom. The molecule has 0 radical (unpaired) electrons. The number of ether oxygens (including phenoxy) is 1. The highest BCUT2D eigenvalue weighted by Crippen LogP contribution is 2.14. The summed E-state index contributed by atoms with van der Waals surface area (Å²) in [5, 5.41) is 20.9. The molecule has 1 aromatic carbocycles. The lowest BCUT2D eigenvalue weighted by molar-refractivity contribution is 0.279. The van der Waals surface area contributed by atoms with Gasteiger partial charge in [0.2, 0.25) is 0 Å². The molecule has 0 aromatic heterocycles. The topological polar surface area (TPSA) is 65.3 Å². The second-order valence-electron chi connectivity index (χ2n) is 4.45. The van der Waals surface area contributed by atoms with Crippen molar-refractivity contribution in [1.82, 2.24) is 5.32 Å². The first kappa shape index (κ1) is 14.5. The molecule has 4 nitrogen and oxygen atoms in total. The monoisotopic (exact) mass is 248 g/mol. The van der Waals surface area contributed by atoms with Crippen LogP contribution in [-0.2, 0) is 6.61 Å². The number of nitriles is 1. The summed E-state index contributed by atoms with van der Waals surface area (Å²) in [7, 11) is 1.79. The van der Waals surface area contributed by atoms with Crippen molar-refractivity contribution in [3.63, 3.8) is 0 Å². The number of nitrogens with one attached hydrogen (secondary N) is 1. The van der Waals surface area contributed by atoms with Crippen LogP contribution in [0.1, 0.15) is 25.3 Å². The molecule has 1 aromatic rings. The number of nitrogens with zero attached hydrogens (tertiary/aromatic N) is 1. The van der Waals surface area contributed by atoms with Gasteiger partial charge in [-0.1, -0.05) is 12.1 Å². The van der Waals surface area contributed by atoms with Gasteiger partial charge in [0, 0.05) is 0 Å². The van der Waals surface area contributed by atoms with Crippen molar-refractivity contribution in [3.8, 4) is 11.8 Å². The Labute approximate surface area is 108 Å². The molecule has 0 aliphatic heterocycles. The maximum Gasteiger partial charge on any atom is 0.119 e. The molecule has 0 heterocycles. The number of benzene rings is 1. The van der Waals surface area contributed by atoms with Gasteiger partial charge in [0.25, 0.3) is 0 Å². The lowest BCUT2D eigenvalue weighted by atomic mass is 9.98. The van der Waals surface area contributed by atoms with E-state index in [0.29, 0.717) is 6.61 Å². The Bertz CT molecular complexity index is 397. The Balaban J connectivity index is 2.31. The third-order valence-corrected chi connectivity index (χ3v) is 2.99. The van der Waals surface area contributed by atoms with Gasteiger partial charge in [-0.05, 0) is 44.5 Å². The van der Waals surface area contributed by atoms with E-state index in [0.717, 1.165) is 24.2 Å². The third kappa shape index (κ3) is 4.36. The molecule has 0 aliphatic carbocycles. The van der Waals surface area contributed by atoms with E-state index in [4.69, 9.17) is 15.1 Å². The van der Waals surface area contributed by atoms with Gasteiger partial charge < -0.3 is 15.2 Å². The number of hydrogen-bond acceptors (Lipinski definition) is 4. The zero-order chi connectivity index (χ0) is 13.4. The molecule has 1 atom stereocenters. The molecule has 18 heavy (non-hydrogen) atoms. The average Bonchev–Trinajstić information content (AvgIpc) is 2.44. The van der Waals surface area contributed by atoms with E-state index in [9.17, 15) is 0 Å². The van der Waals surface area contributed by atoms with Crippen molar-refractivity contribution in [2.75, 3.05) is 13.7 Å². The number of hydrogen-bond donors (Lipinski definition) is 2. The van der Waals surface area contributed by atoms with Gasteiger partial charge in [-0.2, -0.15) is 5.26 Å². The summed E-state index contributed by atoms with van der Waals surface area (Å²) in [6.45, 7) is 2.50. The fourth-order valence-corrected chi connectivity index (χ4v) is 1.54. The summed E-state index contributed by atoms with van der Waals surface area (Å²) in [4.78, 5) is 0. The largest absolute Gasteiger partial charge is 0.494 e. The van der Waals surface area contributed by atoms with Crippen LogP contribution in [0.3, 0.4) is 0 Å². The van der Waals surface area contributed by atoms with E-state index < -0.39 is 5.54 Å². The van der Waals surface area contributed by atoms with Crippen LogP contribution < -0.4 is 10.1 Å². The van der Waals surface area contributed by atoms with Gasteiger partial charge in [-0.3, -0.25) is 0 Å². The van der Waals surface area contributed by atoms with Crippen molar-refractivity contribution in [3.05, 3.63) is 29.8 Å². The van der Waals surface area contributed by atoms with Gasteiger partial charge in [-0.15, -0.1) is 0 Å². The molecule has 2 N–H and O–H groups in total. The smallest absolute Gasteiger partial charge is 0.119 e. The van der Waals surface area contributed by atoms with Crippen molar-refractivity contribution in [2.24, 2.45) is 0 Å². The minimum atomic E-state index is -0.482. The van der Waals surface area contributed by atoms with Crippen molar-refractivity contribution < 1.29 is 9.84 Å². The number of aliphatic hydroxyl groups is 1. The van der Waals surface area contributed by atoms with E-state index in [1.165, 1.54) is 0 Å². The standard InChI is InChI=1S/C14H20N2O2/c1-14(11-15,16-2)8-3-9-18-13-6-4-12(10-17)5-7-13/h4-7,16-17H,3,8-10H2,1-2H3. The summed E-state index contributed by atoms with van der Waals surface area (Å²) in [5.74, 6) is 0.787. The van der Waals surface area contributed by atoms with Crippen molar-refractivity contribution >= 4 is 0 Å². The lowest BCUT2D eigenvalue weighted by Crippen LogP contribution is -2.38. The maximum atomic E-state index is 8.98. The van der Waals surface area contributed by atoms with Crippen LogP contribution in [0.4, 0.5) is 0 Å². The first-order valence-corrected chi connectivity index (χ1v) is 6.06. The SMILES string of the molecule is CNC(C)(C#N)CCCOc1ccc(CO)cc1. The molecule has 0 aliphatic rings. The van der Waals surface area contributed by atoms with Crippen LogP contribution in [0.5, 0.6) is 5.75 Å². The minimum Gasteiger partial charge on any atom is -0.494 e. The van der Waals surface area contributed by atoms with Gasteiger partial charge >= 0.3 is 0 Å². The lowest BCUT2D eigenvalue weighted by Gasteiger charge is -2.20. The second kappa shape index (κ2) is 7.00. The van der Waals surface area contributed by atoms with E-state index in [2.05, 4.69) is 11.4 Å².